The first-order chi connectivity index (χ1) is 18.2. The molecule has 220 valence electrons. The smallest absolute Gasteiger partial charge is 0.400 e. The second-order valence-electron chi connectivity index (χ2n) is 10.2. The molecule has 1 saturated carbocycles. The summed E-state index contributed by atoms with van der Waals surface area (Å²) in [6.07, 6.45) is -5.67. The zero-order valence-electron chi connectivity index (χ0n) is 20.9. The predicted molar refractivity (Wildman–Crippen MR) is 119 cm³/mol. The largest absolute Gasteiger partial charge is 0.466 e. The fourth-order valence-electron chi connectivity index (χ4n) is 5.66. The Hall–Kier alpha value is -2.46. The average molecular weight is 587 g/mol. The summed E-state index contributed by atoms with van der Waals surface area (Å²) in [6, 6.07) is 0. The van der Waals surface area contributed by atoms with E-state index >= 15 is 0 Å². The zero-order valence-corrected chi connectivity index (χ0v) is 21.7. The molecule has 16 heteroatoms. The fraction of sp³-hybridized carbons (Fsp3) is 0.826. The normalized spacial score (nSPS) is 31.6. The number of hydrogen-bond donors (Lipinski definition) is 1. The molecule has 4 fully saturated rings. The molecule has 4 rings (SSSR count). The summed E-state index contributed by atoms with van der Waals surface area (Å²) in [5.74, 6) is -5.19. The van der Waals surface area contributed by atoms with Crippen LogP contribution in [0.25, 0.3) is 0 Å². The summed E-state index contributed by atoms with van der Waals surface area (Å²) in [5.41, 5.74) is -0.613. The van der Waals surface area contributed by atoms with Crippen LogP contribution >= 0.6 is 0 Å². The van der Waals surface area contributed by atoms with Gasteiger partial charge in [-0.15, -0.1) is 0 Å². The Bertz CT molecular complexity index is 1110. The van der Waals surface area contributed by atoms with E-state index in [1.165, 1.54) is 0 Å². The molecular weight excluding hydrogens is 557 g/mol. The van der Waals surface area contributed by atoms with Gasteiger partial charge in [-0.05, 0) is 32.1 Å². The van der Waals surface area contributed by atoms with E-state index in [4.69, 9.17) is 23.5 Å². The van der Waals surface area contributed by atoms with Crippen molar-refractivity contribution in [1.29, 1.82) is 0 Å². The van der Waals surface area contributed by atoms with Gasteiger partial charge in [0.25, 0.3) is 0 Å². The predicted octanol–water partition coefficient (Wildman–Crippen LogP) is 1.64. The molecule has 0 amide bonds. The number of esters is 4. The van der Waals surface area contributed by atoms with Crippen LogP contribution in [0, 0.1) is 11.8 Å². The van der Waals surface area contributed by atoms with E-state index in [0.717, 1.165) is 12.8 Å². The van der Waals surface area contributed by atoms with E-state index in [1.807, 2.05) is 6.92 Å². The highest BCUT2D eigenvalue weighted by Gasteiger charge is 2.72. The lowest BCUT2D eigenvalue weighted by Crippen LogP contribution is -2.49. The van der Waals surface area contributed by atoms with E-state index in [-0.39, 0.29) is 0 Å². The van der Waals surface area contributed by atoms with Gasteiger partial charge in [0, 0.05) is 6.42 Å². The first-order valence-electron chi connectivity index (χ1n) is 12.6. The number of fused-ring (bicyclic) bond motifs is 1. The van der Waals surface area contributed by atoms with Crippen LogP contribution in [0.3, 0.4) is 0 Å². The van der Waals surface area contributed by atoms with Crippen LogP contribution in [0.2, 0.25) is 0 Å². The van der Waals surface area contributed by atoms with Crippen LogP contribution in [0.15, 0.2) is 0 Å². The Morgan fingerprint density at radius 1 is 1.13 bits per heavy atom. The highest BCUT2D eigenvalue weighted by molar-refractivity contribution is 7.86. The van der Waals surface area contributed by atoms with Crippen molar-refractivity contribution in [2.24, 2.45) is 11.8 Å². The van der Waals surface area contributed by atoms with E-state index < -0.39 is 113 Å². The van der Waals surface area contributed by atoms with Crippen LogP contribution in [-0.2, 0) is 53.0 Å². The molecule has 0 spiro atoms. The standard InChI is InChI=1S/C23H29F3O12S/c1-2-22(8-3-4-9-22)38-21(30)15-14-16-19(37-20(14)29)18(17(15)36-16)35-13(28)6-5-12(27)34-10-7-11(24)23(25,26)39(31,32)33/h11,14-19H,2-10H2,1H3,(H,31,32,33). The lowest BCUT2D eigenvalue weighted by atomic mass is 9.78. The van der Waals surface area contributed by atoms with Crippen molar-refractivity contribution in [3.63, 3.8) is 0 Å². The molecule has 3 saturated heterocycles. The van der Waals surface area contributed by atoms with Gasteiger partial charge in [-0.1, -0.05) is 6.92 Å². The molecule has 3 aliphatic heterocycles. The molecule has 0 aromatic rings. The number of hydrogen-bond acceptors (Lipinski definition) is 11. The summed E-state index contributed by atoms with van der Waals surface area (Å²) in [4.78, 5) is 49.9. The molecule has 1 aliphatic carbocycles. The number of rotatable bonds is 12. The minimum absolute atomic E-state index is 0.550. The molecule has 0 radical (unpaired) electrons. The summed E-state index contributed by atoms with van der Waals surface area (Å²) >= 11 is 0. The molecule has 7 atom stereocenters. The Kier molecular flexibility index (Phi) is 8.21. The van der Waals surface area contributed by atoms with Crippen molar-refractivity contribution < 1.29 is 69.0 Å². The maximum atomic E-state index is 13.5. The molecular formula is C23H29F3O12S. The molecule has 2 bridgehead atoms. The fourth-order valence-corrected chi connectivity index (χ4v) is 6.10. The van der Waals surface area contributed by atoms with Crippen LogP contribution in [0.4, 0.5) is 13.2 Å². The second-order valence-corrected chi connectivity index (χ2v) is 11.6. The molecule has 0 aromatic carbocycles. The lowest BCUT2D eigenvalue weighted by molar-refractivity contribution is -0.173. The second kappa shape index (κ2) is 10.8. The highest BCUT2D eigenvalue weighted by atomic mass is 32.2. The van der Waals surface area contributed by atoms with Gasteiger partial charge < -0.3 is 23.7 Å². The highest BCUT2D eigenvalue weighted by Crippen LogP contribution is 2.52. The number of alkyl halides is 3. The van der Waals surface area contributed by atoms with E-state index in [0.29, 0.717) is 19.3 Å². The first-order valence-corrected chi connectivity index (χ1v) is 14.1. The van der Waals surface area contributed by atoms with Gasteiger partial charge in [0.1, 0.15) is 29.6 Å². The number of halogens is 3. The van der Waals surface area contributed by atoms with Crippen molar-refractivity contribution in [2.45, 2.75) is 99.7 Å². The number of carbonyl (C=O) groups excluding carboxylic acids is 4. The minimum atomic E-state index is -6.00. The summed E-state index contributed by atoms with van der Waals surface area (Å²) in [7, 11) is -6.00. The summed E-state index contributed by atoms with van der Waals surface area (Å²) in [5, 5.41) is -5.08. The molecule has 12 nitrogen and oxygen atoms in total. The third-order valence-electron chi connectivity index (χ3n) is 7.80. The van der Waals surface area contributed by atoms with Gasteiger partial charge in [0.15, 0.2) is 18.4 Å². The molecule has 1 N–H and O–H groups in total. The van der Waals surface area contributed by atoms with Gasteiger partial charge in [-0.3, -0.25) is 23.7 Å². The molecule has 3 heterocycles. The topological polar surface area (TPSA) is 169 Å². The zero-order chi connectivity index (χ0) is 28.8. The van der Waals surface area contributed by atoms with Gasteiger partial charge in [-0.2, -0.15) is 17.2 Å². The van der Waals surface area contributed by atoms with E-state index in [2.05, 4.69) is 4.74 Å². The van der Waals surface area contributed by atoms with Crippen LogP contribution < -0.4 is 0 Å². The SMILES string of the molecule is CCC1(OC(=O)C2C3OC4C(OC(=O)C42)C3OC(=O)CCC(=O)OCCC(F)C(F)(F)S(=O)(=O)O)CCCC1. The summed E-state index contributed by atoms with van der Waals surface area (Å²) < 4.78 is 96.1. The maximum absolute atomic E-state index is 13.5. The van der Waals surface area contributed by atoms with Gasteiger partial charge in [-0.25, -0.2) is 4.39 Å². The Morgan fingerprint density at radius 3 is 2.38 bits per heavy atom. The molecule has 0 aromatic heterocycles. The Morgan fingerprint density at radius 2 is 1.77 bits per heavy atom. The summed E-state index contributed by atoms with van der Waals surface area (Å²) in [6.45, 7) is 0.971. The first kappa shape index (κ1) is 29.5. The van der Waals surface area contributed by atoms with E-state index in [9.17, 15) is 40.8 Å². The van der Waals surface area contributed by atoms with Gasteiger partial charge in [0.05, 0.1) is 19.4 Å². The van der Waals surface area contributed by atoms with Crippen LogP contribution in [-0.4, -0.2) is 84.9 Å². The quantitative estimate of drug-likeness (QED) is 0.200. The van der Waals surface area contributed by atoms with Crippen molar-refractivity contribution in [1.82, 2.24) is 0 Å². The molecule has 7 unspecified atom stereocenters. The van der Waals surface area contributed by atoms with Crippen molar-refractivity contribution in [3.8, 4) is 0 Å². The Labute approximate surface area is 221 Å². The third-order valence-corrected chi connectivity index (χ3v) is 8.74. The molecule has 4 aliphatic rings. The minimum Gasteiger partial charge on any atom is -0.466 e. The van der Waals surface area contributed by atoms with Crippen LogP contribution in [0.1, 0.15) is 58.3 Å². The average Bonchev–Trinajstić information content (AvgIpc) is 3.60. The number of carbonyl (C=O) groups is 4. The number of ether oxygens (including phenoxy) is 5. The van der Waals surface area contributed by atoms with Gasteiger partial charge >= 0.3 is 39.2 Å². The van der Waals surface area contributed by atoms with Crippen molar-refractivity contribution >= 4 is 34.0 Å². The van der Waals surface area contributed by atoms with Crippen molar-refractivity contribution in [2.75, 3.05) is 6.61 Å². The Balaban J connectivity index is 1.28. The maximum Gasteiger partial charge on any atom is 0.400 e. The lowest BCUT2D eigenvalue weighted by Gasteiger charge is -2.32. The monoisotopic (exact) mass is 586 g/mol. The molecule has 39 heavy (non-hydrogen) atoms. The van der Waals surface area contributed by atoms with E-state index in [1.54, 1.807) is 0 Å². The third kappa shape index (κ3) is 5.59. The van der Waals surface area contributed by atoms with Crippen molar-refractivity contribution in [3.05, 3.63) is 0 Å². The van der Waals surface area contributed by atoms with Gasteiger partial charge in [0.2, 0.25) is 0 Å². The van der Waals surface area contributed by atoms with Crippen LogP contribution in [0.5, 0.6) is 0 Å².